The number of nitrogen functional groups attached to an aromatic ring is 1. The zero-order chi connectivity index (χ0) is 19.4. The number of anilines is 2. The van der Waals surface area contributed by atoms with Gasteiger partial charge in [0.2, 0.25) is 5.91 Å². The number of thiophene rings is 1. The van der Waals surface area contributed by atoms with E-state index in [-0.39, 0.29) is 12.0 Å². The van der Waals surface area contributed by atoms with Gasteiger partial charge < -0.3 is 20.7 Å². The van der Waals surface area contributed by atoms with Gasteiger partial charge >= 0.3 is 6.09 Å². The van der Waals surface area contributed by atoms with Gasteiger partial charge in [-0.05, 0) is 37.8 Å². The number of nitrogens with two attached hydrogens (primary N) is 1. The Balaban J connectivity index is 1.61. The molecule has 0 bridgehead atoms. The predicted molar refractivity (Wildman–Crippen MR) is 108 cm³/mol. The van der Waals surface area contributed by atoms with E-state index in [2.05, 4.69) is 11.4 Å². The van der Waals surface area contributed by atoms with Crippen molar-refractivity contribution in [3.8, 4) is 0 Å². The van der Waals surface area contributed by atoms with Crippen molar-refractivity contribution in [2.45, 2.75) is 39.7 Å². The highest BCUT2D eigenvalue weighted by molar-refractivity contribution is 7.17. The maximum atomic E-state index is 12.3. The molecule has 3 rings (SSSR count). The summed E-state index contributed by atoms with van der Waals surface area (Å²) in [6.07, 6.45) is 1.46. The lowest BCUT2D eigenvalue weighted by atomic mass is 10.1. The van der Waals surface area contributed by atoms with E-state index in [0.717, 1.165) is 16.0 Å². The summed E-state index contributed by atoms with van der Waals surface area (Å²) in [6.45, 7) is 5.24. The van der Waals surface area contributed by atoms with E-state index in [0.29, 0.717) is 49.6 Å². The van der Waals surface area contributed by atoms with Gasteiger partial charge in [-0.2, -0.15) is 0 Å². The van der Waals surface area contributed by atoms with Crippen LogP contribution in [0, 0.1) is 6.92 Å². The third-order valence-corrected chi connectivity index (χ3v) is 5.75. The Morgan fingerprint density at radius 1 is 1.37 bits per heavy atom. The molecule has 0 saturated heterocycles. The van der Waals surface area contributed by atoms with Crippen LogP contribution in [0.5, 0.6) is 0 Å². The lowest BCUT2D eigenvalue weighted by Gasteiger charge is -2.26. The number of carbonyl (C=O) groups is 2. The van der Waals surface area contributed by atoms with Crippen molar-refractivity contribution in [2.24, 2.45) is 0 Å². The van der Waals surface area contributed by atoms with Gasteiger partial charge in [0.1, 0.15) is 5.00 Å². The highest BCUT2D eigenvalue weighted by Gasteiger charge is 2.27. The molecule has 1 aliphatic heterocycles. The lowest BCUT2D eigenvalue weighted by Crippen LogP contribution is -2.35. The van der Waals surface area contributed by atoms with Crippen LogP contribution in [0.3, 0.4) is 0 Å². The van der Waals surface area contributed by atoms with Crippen LogP contribution in [0.15, 0.2) is 24.3 Å². The Morgan fingerprint density at radius 3 is 2.93 bits per heavy atom. The van der Waals surface area contributed by atoms with Crippen molar-refractivity contribution in [2.75, 3.05) is 24.2 Å². The van der Waals surface area contributed by atoms with Gasteiger partial charge in [0, 0.05) is 17.8 Å². The molecule has 0 atom stereocenters. The van der Waals surface area contributed by atoms with Gasteiger partial charge in [0.05, 0.1) is 18.8 Å². The van der Waals surface area contributed by atoms with E-state index in [9.17, 15) is 9.59 Å². The Morgan fingerprint density at radius 2 is 2.19 bits per heavy atom. The number of rotatable bonds is 5. The number of hydrogen-bond acceptors (Lipinski definition) is 5. The van der Waals surface area contributed by atoms with E-state index in [1.54, 1.807) is 11.8 Å². The number of benzene rings is 1. The van der Waals surface area contributed by atoms with Gasteiger partial charge in [0.15, 0.2) is 0 Å². The van der Waals surface area contributed by atoms with Crippen LogP contribution in [0.2, 0.25) is 0 Å². The van der Waals surface area contributed by atoms with Crippen molar-refractivity contribution in [3.05, 3.63) is 45.8 Å². The molecule has 144 valence electrons. The molecule has 2 aromatic rings. The zero-order valence-corrected chi connectivity index (χ0v) is 16.5. The molecule has 0 saturated carbocycles. The molecule has 1 aromatic carbocycles. The van der Waals surface area contributed by atoms with Gasteiger partial charge in [-0.25, -0.2) is 4.79 Å². The zero-order valence-electron chi connectivity index (χ0n) is 15.7. The second kappa shape index (κ2) is 8.43. The molecule has 0 unspecified atom stereocenters. The summed E-state index contributed by atoms with van der Waals surface area (Å²) in [5, 5.41) is 3.62. The number of amides is 2. The minimum atomic E-state index is -0.307. The summed E-state index contributed by atoms with van der Waals surface area (Å²) in [5.74, 6) is -0.0518. The molecule has 0 radical (unpaired) electrons. The quantitative estimate of drug-likeness (QED) is 0.819. The largest absolute Gasteiger partial charge is 0.450 e. The number of fused-ring (bicyclic) bond motifs is 1. The maximum absolute atomic E-state index is 12.3. The van der Waals surface area contributed by atoms with E-state index in [1.165, 1.54) is 16.9 Å². The van der Waals surface area contributed by atoms with Crippen LogP contribution in [0.4, 0.5) is 15.5 Å². The van der Waals surface area contributed by atoms with Gasteiger partial charge in [0.25, 0.3) is 0 Å². The number of carbonyl (C=O) groups excluding carboxylic acids is 2. The van der Waals surface area contributed by atoms with Crippen LogP contribution in [-0.4, -0.2) is 30.1 Å². The standard InChI is InChI=1S/C20H25N3O3S/c1-3-26-20(25)23-10-9-15-16(12-23)27-19(18(15)21)22-17(24)8-7-14-6-4-5-13(2)11-14/h4-6,11H,3,7-10,12,21H2,1-2H3,(H,22,24). The van der Waals surface area contributed by atoms with Crippen LogP contribution < -0.4 is 11.1 Å². The molecule has 2 heterocycles. The highest BCUT2D eigenvalue weighted by atomic mass is 32.1. The molecule has 2 amide bonds. The normalized spacial score (nSPS) is 13.2. The summed E-state index contributed by atoms with van der Waals surface area (Å²) < 4.78 is 5.07. The fourth-order valence-electron chi connectivity index (χ4n) is 3.21. The molecule has 0 spiro atoms. The number of aryl methyl sites for hydroxylation is 2. The Hall–Kier alpha value is -2.54. The fraction of sp³-hybridized carbons (Fsp3) is 0.400. The van der Waals surface area contributed by atoms with Crippen LogP contribution in [-0.2, 0) is 28.9 Å². The van der Waals surface area contributed by atoms with Crippen molar-refractivity contribution in [1.29, 1.82) is 0 Å². The molecular formula is C20H25N3O3S. The first kappa shape index (κ1) is 19.2. The number of nitrogens with one attached hydrogen (secondary N) is 1. The smallest absolute Gasteiger partial charge is 0.410 e. The first-order valence-electron chi connectivity index (χ1n) is 9.15. The third kappa shape index (κ3) is 4.60. The van der Waals surface area contributed by atoms with Gasteiger partial charge in [-0.1, -0.05) is 29.8 Å². The first-order valence-corrected chi connectivity index (χ1v) is 9.96. The molecule has 6 nitrogen and oxygen atoms in total. The lowest BCUT2D eigenvalue weighted by molar-refractivity contribution is -0.116. The average Bonchev–Trinajstić information content (AvgIpc) is 2.95. The molecule has 0 fully saturated rings. The van der Waals surface area contributed by atoms with E-state index in [1.807, 2.05) is 25.1 Å². The van der Waals surface area contributed by atoms with E-state index in [4.69, 9.17) is 10.5 Å². The third-order valence-electron chi connectivity index (χ3n) is 4.60. The SMILES string of the molecule is CCOC(=O)N1CCc2c(sc(NC(=O)CCc3cccc(C)c3)c2N)C1. The fourth-order valence-corrected chi connectivity index (χ4v) is 4.41. The summed E-state index contributed by atoms with van der Waals surface area (Å²) in [7, 11) is 0. The highest BCUT2D eigenvalue weighted by Crippen LogP contribution is 2.39. The molecule has 7 heteroatoms. The van der Waals surface area contributed by atoms with Gasteiger partial charge in [-0.3, -0.25) is 4.79 Å². The van der Waals surface area contributed by atoms with Crippen LogP contribution in [0.1, 0.15) is 34.9 Å². The van der Waals surface area contributed by atoms with Crippen molar-refractivity contribution in [3.63, 3.8) is 0 Å². The summed E-state index contributed by atoms with van der Waals surface area (Å²) >= 11 is 1.45. The summed E-state index contributed by atoms with van der Waals surface area (Å²) in [4.78, 5) is 27.0. The first-order chi connectivity index (χ1) is 13.0. The number of nitrogens with zero attached hydrogens (tertiary/aromatic N) is 1. The predicted octanol–water partition coefficient (Wildman–Crippen LogP) is 3.72. The second-order valence-electron chi connectivity index (χ2n) is 6.65. The van der Waals surface area contributed by atoms with Crippen molar-refractivity contribution in [1.82, 2.24) is 4.90 Å². The Labute approximate surface area is 163 Å². The molecule has 3 N–H and O–H groups in total. The van der Waals surface area contributed by atoms with Crippen LogP contribution >= 0.6 is 11.3 Å². The minimum Gasteiger partial charge on any atom is -0.450 e. The van der Waals surface area contributed by atoms with E-state index < -0.39 is 0 Å². The van der Waals surface area contributed by atoms with Crippen LogP contribution in [0.25, 0.3) is 0 Å². The van der Waals surface area contributed by atoms with Crippen molar-refractivity contribution < 1.29 is 14.3 Å². The summed E-state index contributed by atoms with van der Waals surface area (Å²) in [6, 6.07) is 8.17. The second-order valence-corrected chi connectivity index (χ2v) is 7.76. The number of ether oxygens (including phenoxy) is 1. The molecular weight excluding hydrogens is 362 g/mol. The molecule has 1 aromatic heterocycles. The minimum absolute atomic E-state index is 0.0518. The molecule has 27 heavy (non-hydrogen) atoms. The maximum Gasteiger partial charge on any atom is 0.410 e. The number of hydrogen-bond donors (Lipinski definition) is 2. The topological polar surface area (TPSA) is 84.7 Å². The van der Waals surface area contributed by atoms with E-state index >= 15 is 0 Å². The Kier molecular flexibility index (Phi) is 6.01. The summed E-state index contributed by atoms with van der Waals surface area (Å²) in [5.41, 5.74) is 10.2. The Bertz CT molecular complexity index is 847. The van der Waals surface area contributed by atoms with Gasteiger partial charge in [-0.15, -0.1) is 11.3 Å². The average molecular weight is 388 g/mol. The van der Waals surface area contributed by atoms with Crippen molar-refractivity contribution >= 4 is 34.0 Å². The monoisotopic (exact) mass is 387 g/mol. The molecule has 1 aliphatic rings. The molecule has 0 aliphatic carbocycles.